The molecule has 0 radical (unpaired) electrons. The van der Waals surface area contributed by atoms with Gasteiger partial charge in [-0.3, -0.25) is 4.98 Å². The van der Waals surface area contributed by atoms with Crippen LogP contribution in [0.25, 0.3) is 0 Å². The van der Waals surface area contributed by atoms with Gasteiger partial charge in [-0.25, -0.2) is 0 Å². The van der Waals surface area contributed by atoms with Gasteiger partial charge in [0.2, 0.25) is 0 Å². The van der Waals surface area contributed by atoms with Crippen LogP contribution in [0.2, 0.25) is 0 Å². The Kier molecular flexibility index (Phi) is 2.45. The summed E-state index contributed by atoms with van der Waals surface area (Å²) in [5.74, 6) is 0.558. The standard InChI is InChI=1S/C10H15N3/c11-10-3-5-13-7-9(10)8-2-1-4-12-6-8/h3,5,7-8,12H,1-2,4,6H2,(H2,11,13). The summed E-state index contributed by atoms with van der Waals surface area (Å²) in [6, 6.07) is 1.88. The van der Waals surface area contributed by atoms with Gasteiger partial charge in [0.1, 0.15) is 0 Å². The summed E-state index contributed by atoms with van der Waals surface area (Å²) in [5.41, 5.74) is 7.97. The quantitative estimate of drug-likeness (QED) is 0.676. The molecule has 1 aromatic heterocycles. The molecule has 1 aliphatic heterocycles. The van der Waals surface area contributed by atoms with E-state index in [0.717, 1.165) is 18.8 Å². The highest BCUT2D eigenvalue weighted by molar-refractivity contribution is 5.46. The molecule has 0 aliphatic carbocycles. The first-order chi connectivity index (χ1) is 6.38. The molecule has 1 fully saturated rings. The Balaban J connectivity index is 2.18. The van der Waals surface area contributed by atoms with E-state index in [1.54, 1.807) is 6.20 Å². The van der Waals surface area contributed by atoms with Crippen molar-refractivity contribution in [2.45, 2.75) is 18.8 Å². The van der Waals surface area contributed by atoms with Gasteiger partial charge in [0.15, 0.2) is 0 Å². The van der Waals surface area contributed by atoms with Gasteiger partial charge < -0.3 is 11.1 Å². The Morgan fingerprint density at radius 1 is 1.54 bits per heavy atom. The smallest absolute Gasteiger partial charge is 0.0380 e. The van der Waals surface area contributed by atoms with E-state index >= 15 is 0 Å². The van der Waals surface area contributed by atoms with Gasteiger partial charge in [-0.15, -0.1) is 0 Å². The van der Waals surface area contributed by atoms with Crippen LogP contribution in [-0.2, 0) is 0 Å². The monoisotopic (exact) mass is 177 g/mol. The SMILES string of the molecule is Nc1ccncc1C1CCCNC1. The lowest BCUT2D eigenvalue weighted by molar-refractivity contribution is 0.462. The minimum absolute atomic E-state index is 0.558. The molecule has 2 rings (SSSR count). The fourth-order valence-corrected chi connectivity index (χ4v) is 1.88. The van der Waals surface area contributed by atoms with Crippen LogP contribution in [0, 0.1) is 0 Å². The normalized spacial score (nSPS) is 22.9. The molecule has 0 saturated carbocycles. The van der Waals surface area contributed by atoms with Crippen LogP contribution in [0.4, 0.5) is 5.69 Å². The van der Waals surface area contributed by atoms with Crippen molar-refractivity contribution in [2.75, 3.05) is 18.8 Å². The molecule has 2 heterocycles. The third-order valence-electron chi connectivity index (χ3n) is 2.62. The Bertz CT molecular complexity index is 279. The topological polar surface area (TPSA) is 50.9 Å². The average Bonchev–Trinajstić information content (AvgIpc) is 2.20. The van der Waals surface area contributed by atoms with E-state index in [1.807, 2.05) is 12.3 Å². The molecular weight excluding hydrogens is 162 g/mol. The van der Waals surface area contributed by atoms with Crippen LogP contribution in [0.1, 0.15) is 24.3 Å². The maximum atomic E-state index is 5.88. The lowest BCUT2D eigenvalue weighted by atomic mass is 9.92. The molecule has 0 amide bonds. The van der Waals surface area contributed by atoms with E-state index in [1.165, 1.54) is 18.4 Å². The zero-order chi connectivity index (χ0) is 9.10. The number of hydrogen-bond donors (Lipinski definition) is 2. The van der Waals surface area contributed by atoms with Crippen molar-refractivity contribution >= 4 is 5.69 Å². The third kappa shape index (κ3) is 1.80. The van der Waals surface area contributed by atoms with Crippen molar-refractivity contribution < 1.29 is 0 Å². The van der Waals surface area contributed by atoms with Crippen LogP contribution in [0.3, 0.4) is 0 Å². The fourth-order valence-electron chi connectivity index (χ4n) is 1.88. The molecule has 13 heavy (non-hydrogen) atoms. The largest absolute Gasteiger partial charge is 0.398 e. The van der Waals surface area contributed by atoms with Crippen LogP contribution in [0.15, 0.2) is 18.5 Å². The van der Waals surface area contributed by atoms with E-state index in [9.17, 15) is 0 Å². The van der Waals surface area contributed by atoms with Crippen LogP contribution < -0.4 is 11.1 Å². The summed E-state index contributed by atoms with van der Waals surface area (Å²) in [6.45, 7) is 2.17. The molecule has 1 unspecified atom stereocenters. The second-order valence-corrected chi connectivity index (χ2v) is 3.55. The van der Waals surface area contributed by atoms with Gasteiger partial charge in [0.05, 0.1) is 0 Å². The minimum Gasteiger partial charge on any atom is -0.398 e. The number of nitrogens with one attached hydrogen (secondary N) is 1. The first-order valence-corrected chi connectivity index (χ1v) is 4.78. The van der Waals surface area contributed by atoms with Crippen LogP contribution in [-0.4, -0.2) is 18.1 Å². The lowest BCUT2D eigenvalue weighted by Gasteiger charge is -2.23. The predicted octanol–water partition coefficient (Wildman–Crippen LogP) is 1.13. The molecule has 3 nitrogen and oxygen atoms in total. The fraction of sp³-hybridized carbons (Fsp3) is 0.500. The van der Waals surface area contributed by atoms with E-state index in [0.29, 0.717) is 5.92 Å². The molecule has 3 N–H and O–H groups in total. The Labute approximate surface area is 78.4 Å². The number of nitrogen functional groups attached to an aromatic ring is 1. The molecule has 1 aliphatic rings. The summed E-state index contributed by atoms with van der Waals surface area (Å²) in [4.78, 5) is 4.11. The van der Waals surface area contributed by atoms with Gasteiger partial charge >= 0.3 is 0 Å². The molecule has 1 saturated heterocycles. The number of pyridine rings is 1. The minimum atomic E-state index is 0.558. The maximum Gasteiger partial charge on any atom is 0.0380 e. The Morgan fingerprint density at radius 2 is 2.46 bits per heavy atom. The van der Waals surface area contributed by atoms with E-state index < -0.39 is 0 Å². The third-order valence-corrected chi connectivity index (χ3v) is 2.62. The summed E-state index contributed by atoms with van der Waals surface area (Å²) < 4.78 is 0. The number of nitrogens with two attached hydrogens (primary N) is 1. The molecule has 1 aromatic rings. The van der Waals surface area contributed by atoms with Crippen molar-refractivity contribution in [1.29, 1.82) is 0 Å². The van der Waals surface area contributed by atoms with Crippen molar-refractivity contribution in [2.24, 2.45) is 0 Å². The zero-order valence-electron chi connectivity index (χ0n) is 7.66. The summed E-state index contributed by atoms with van der Waals surface area (Å²) in [5, 5.41) is 3.38. The molecule has 70 valence electrons. The number of piperidine rings is 1. The number of rotatable bonds is 1. The number of aromatic nitrogens is 1. The highest BCUT2D eigenvalue weighted by atomic mass is 14.9. The Hall–Kier alpha value is -1.09. The highest BCUT2D eigenvalue weighted by Gasteiger charge is 2.16. The molecule has 0 spiro atoms. The number of nitrogens with zero attached hydrogens (tertiary/aromatic N) is 1. The highest BCUT2D eigenvalue weighted by Crippen LogP contribution is 2.26. The molecule has 3 heteroatoms. The second-order valence-electron chi connectivity index (χ2n) is 3.55. The second kappa shape index (κ2) is 3.75. The van der Waals surface area contributed by atoms with Crippen molar-refractivity contribution in [3.05, 3.63) is 24.0 Å². The first kappa shape index (κ1) is 8.51. The maximum absolute atomic E-state index is 5.88. The average molecular weight is 177 g/mol. The van der Waals surface area contributed by atoms with Crippen molar-refractivity contribution in [3.8, 4) is 0 Å². The van der Waals surface area contributed by atoms with Gasteiger partial charge in [0, 0.05) is 24.6 Å². The van der Waals surface area contributed by atoms with Crippen molar-refractivity contribution in [3.63, 3.8) is 0 Å². The summed E-state index contributed by atoms with van der Waals surface area (Å²) in [6.07, 6.45) is 6.10. The van der Waals surface area contributed by atoms with Gasteiger partial charge in [0.25, 0.3) is 0 Å². The summed E-state index contributed by atoms with van der Waals surface area (Å²) >= 11 is 0. The van der Waals surface area contributed by atoms with Crippen molar-refractivity contribution in [1.82, 2.24) is 10.3 Å². The first-order valence-electron chi connectivity index (χ1n) is 4.78. The number of anilines is 1. The summed E-state index contributed by atoms with van der Waals surface area (Å²) in [7, 11) is 0. The van der Waals surface area contributed by atoms with Gasteiger partial charge in [-0.1, -0.05) is 0 Å². The van der Waals surface area contributed by atoms with Gasteiger partial charge in [-0.2, -0.15) is 0 Å². The zero-order valence-corrected chi connectivity index (χ0v) is 7.66. The molecular formula is C10H15N3. The van der Waals surface area contributed by atoms with E-state index in [-0.39, 0.29) is 0 Å². The lowest BCUT2D eigenvalue weighted by Crippen LogP contribution is -2.28. The van der Waals surface area contributed by atoms with Crippen LogP contribution >= 0.6 is 0 Å². The molecule has 0 aromatic carbocycles. The van der Waals surface area contributed by atoms with Crippen LogP contribution in [0.5, 0.6) is 0 Å². The Morgan fingerprint density at radius 3 is 3.15 bits per heavy atom. The van der Waals surface area contributed by atoms with Gasteiger partial charge in [-0.05, 0) is 36.9 Å². The van der Waals surface area contributed by atoms with E-state index in [4.69, 9.17) is 5.73 Å². The van der Waals surface area contributed by atoms with E-state index in [2.05, 4.69) is 10.3 Å². The molecule has 1 atom stereocenters. The number of hydrogen-bond acceptors (Lipinski definition) is 3. The molecule has 0 bridgehead atoms. The predicted molar refractivity (Wildman–Crippen MR) is 53.5 cm³/mol.